The van der Waals surface area contributed by atoms with Crippen molar-refractivity contribution in [2.45, 2.75) is 24.7 Å². The second-order valence-electron chi connectivity index (χ2n) is 6.72. The van der Waals surface area contributed by atoms with E-state index >= 15 is 0 Å². The highest BCUT2D eigenvalue weighted by atomic mass is 35.5. The average molecular weight is 442 g/mol. The lowest BCUT2D eigenvalue weighted by Gasteiger charge is -2.24. The lowest BCUT2D eigenvalue weighted by molar-refractivity contribution is -0.137. The maximum Gasteiger partial charge on any atom is 0.263 e. The molecule has 1 heterocycles. The number of nitrogens with zero attached hydrogens (tertiary/aromatic N) is 1. The van der Waals surface area contributed by atoms with Crippen LogP contribution in [0.25, 0.3) is 0 Å². The molecule has 2 unspecified atom stereocenters. The zero-order valence-electron chi connectivity index (χ0n) is 15.3. The molecule has 0 aliphatic carbocycles. The minimum Gasteiger partial charge on any atom is -0.479 e. The molecule has 5 nitrogen and oxygen atoms in total. The van der Waals surface area contributed by atoms with Gasteiger partial charge in [-0.25, -0.2) is 8.42 Å². The fourth-order valence-electron chi connectivity index (χ4n) is 3.27. The largest absolute Gasteiger partial charge is 0.479 e. The molecule has 1 aliphatic heterocycles. The van der Waals surface area contributed by atoms with Crippen molar-refractivity contribution in [3.8, 4) is 5.75 Å². The summed E-state index contributed by atoms with van der Waals surface area (Å²) >= 11 is 12.0. The molecule has 0 aromatic heterocycles. The summed E-state index contributed by atoms with van der Waals surface area (Å²) < 4.78 is 31.1. The third kappa shape index (κ3) is 4.80. The molecule has 0 saturated carbocycles. The number of hydrogen-bond donors (Lipinski definition) is 0. The molecular formula is C20H21Cl2NO4S. The first kappa shape index (κ1) is 21.0. The van der Waals surface area contributed by atoms with Crippen molar-refractivity contribution in [3.63, 3.8) is 0 Å². The van der Waals surface area contributed by atoms with E-state index in [1.807, 2.05) is 30.3 Å². The number of sulfone groups is 1. The molecule has 3 rings (SSSR count). The molecule has 0 spiro atoms. The zero-order valence-corrected chi connectivity index (χ0v) is 17.7. The molecule has 2 aromatic carbocycles. The minimum atomic E-state index is -3.35. The van der Waals surface area contributed by atoms with Gasteiger partial charge in [-0.15, -0.1) is 0 Å². The van der Waals surface area contributed by atoms with Crippen LogP contribution in [0.2, 0.25) is 10.0 Å². The van der Waals surface area contributed by atoms with E-state index < -0.39 is 21.2 Å². The Bertz CT molecular complexity index is 950. The molecular weight excluding hydrogens is 421 g/mol. The number of carbonyl (C=O) groups excluding carboxylic acids is 1. The van der Waals surface area contributed by atoms with Gasteiger partial charge in [-0.3, -0.25) is 4.79 Å². The number of hydrogen-bond acceptors (Lipinski definition) is 4. The fraction of sp³-hybridized carbons (Fsp3) is 0.350. The molecule has 150 valence electrons. The Balaban J connectivity index is 1.71. The normalized spacial score (nSPS) is 20.2. The van der Waals surface area contributed by atoms with E-state index in [0.717, 1.165) is 5.56 Å². The molecule has 0 radical (unpaired) electrons. The first-order valence-electron chi connectivity index (χ1n) is 8.95. The number of amides is 1. The summed E-state index contributed by atoms with van der Waals surface area (Å²) in [6.45, 7) is 2.12. The van der Waals surface area contributed by atoms with Gasteiger partial charge in [-0.2, -0.15) is 0 Å². The molecule has 1 fully saturated rings. The van der Waals surface area contributed by atoms with Gasteiger partial charge >= 0.3 is 0 Å². The van der Waals surface area contributed by atoms with Crippen molar-refractivity contribution in [2.24, 2.45) is 0 Å². The highest BCUT2D eigenvalue weighted by molar-refractivity contribution is 7.91. The van der Waals surface area contributed by atoms with Crippen LogP contribution < -0.4 is 4.74 Å². The third-order valence-corrected chi connectivity index (χ3v) is 7.43. The smallest absolute Gasteiger partial charge is 0.263 e. The summed E-state index contributed by atoms with van der Waals surface area (Å²) in [7, 11) is -3.35. The topological polar surface area (TPSA) is 63.7 Å². The maximum atomic E-state index is 12.8. The van der Waals surface area contributed by atoms with Gasteiger partial charge in [0.05, 0.1) is 16.0 Å². The van der Waals surface area contributed by atoms with Gasteiger partial charge < -0.3 is 9.64 Å². The number of ether oxygens (including phenoxy) is 1. The standard InChI is InChI=1S/C20H21Cl2NO4S/c1-14(27-18-8-7-16(21)13-17(18)22)20(24)23-10-9-19(28(25,26)12-11-23)15-5-3-2-4-6-15/h2-8,13-14,19H,9-12H2,1H3. The van der Waals surface area contributed by atoms with Crippen molar-refractivity contribution in [3.05, 3.63) is 64.1 Å². The van der Waals surface area contributed by atoms with Gasteiger partial charge in [0.2, 0.25) is 0 Å². The Labute approximate surface area is 175 Å². The molecule has 0 bridgehead atoms. The van der Waals surface area contributed by atoms with E-state index in [-0.39, 0.29) is 18.2 Å². The molecule has 1 amide bonds. The summed E-state index contributed by atoms with van der Waals surface area (Å²) in [4.78, 5) is 14.4. The second kappa shape index (κ2) is 8.72. The first-order valence-corrected chi connectivity index (χ1v) is 11.4. The average Bonchev–Trinajstić information content (AvgIpc) is 2.82. The summed E-state index contributed by atoms with van der Waals surface area (Å²) in [6, 6.07) is 13.9. The Kier molecular flexibility index (Phi) is 6.53. The van der Waals surface area contributed by atoms with Crippen LogP contribution in [0.5, 0.6) is 5.75 Å². The van der Waals surface area contributed by atoms with Crippen molar-refractivity contribution < 1.29 is 17.9 Å². The number of halogens is 2. The van der Waals surface area contributed by atoms with Crippen LogP contribution in [-0.2, 0) is 14.6 Å². The Morgan fingerprint density at radius 2 is 1.86 bits per heavy atom. The van der Waals surface area contributed by atoms with E-state index in [9.17, 15) is 13.2 Å². The van der Waals surface area contributed by atoms with E-state index in [4.69, 9.17) is 27.9 Å². The van der Waals surface area contributed by atoms with Crippen LogP contribution in [0.3, 0.4) is 0 Å². The summed E-state index contributed by atoms with van der Waals surface area (Å²) in [5.41, 5.74) is 0.758. The molecule has 2 aromatic rings. The van der Waals surface area contributed by atoms with Gasteiger partial charge in [0, 0.05) is 18.1 Å². The minimum absolute atomic E-state index is 0.0767. The molecule has 1 aliphatic rings. The summed E-state index contributed by atoms with van der Waals surface area (Å²) in [5, 5.41) is 0.184. The van der Waals surface area contributed by atoms with Crippen molar-refractivity contribution in [2.75, 3.05) is 18.8 Å². The van der Waals surface area contributed by atoms with Crippen LogP contribution >= 0.6 is 23.2 Å². The SMILES string of the molecule is CC(Oc1ccc(Cl)cc1Cl)C(=O)N1CCC(c2ccccc2)S(=O)(=O)CC1. The second-order valence-corrected chi connectivity index (χ2v) is 9.86. The quantitative estimate of drug-likeness (QED) is 0.714. The molecule has 28 heavy (non-hydrogen) atoms. The maximum absolute atomic E-state index is 12.8. The molecule has 1 saturated heterocycles. The number of benzene rings is 2. The lowest BCUT2D eigenvalue weighted by Crippen LogP contribution is -2.42. The monoisotopic (exact) mass is 441 g/mol. The van der Waals surface area contributed by atoms with Crippen LogP contribution in [-0.4, -0.2) is 44.2 Å². The van der Waals surface area contributed by atoms with Gasteiger partial charge in [-0.05, 0) is 37.1 Å². The van der Waals surface area contributed by atoms with Crippen LogP contribution in [0.1, 0.15) is 24.2 Å². The fourth-order valence-corrected chi connectivity index (χ4v) is 5.52. The van der Waals surface area contributed by atoms with E-state index in [1.54, 1.807) is 30.0 Å². The Morgan fingerprint density at radius 3 is 2.54 bits per heavy atom. The van der Waals surface area contributed by atoms with Crippen molar-refractivity contribution in [1.82, 2.24) is 4.90 Å². The van der Waals surface area contributed by atoms with Crippen LogP contribution in [0.15, 0.2) is 48.5 Å². The Hall–Kier alpha value is -1.76. The van der Waals surface area contributed by atoms with Gasteiger partial charge in [0.25, 0.3) is 5.91 Å². The van der Waals surface area contributed by atoms with Gasteiger partial charge in [0.15, 0.2) is 15.9 Å². The zero-order chi connectivity index (χ0) is 20.3. The highest BCUT2D eigenvalue weighted by Gasteiger charge is 2.34. The summed E-state index contributed by atoms with van der Waals surface area (Å²) in [6.07, 6.45) is -0.443. The molecule has 2 atom stereocenters. The molecule has 8 heteroatoms. The van der Waals surface area contributed by atoms with Crippen LogP contribution in [0.4, 0.5) is 0 Å². The van der Waals surface area contributed by atoms with Crippen molar-refractivity contribution in [1.29, 1.82) is 0 Å². The number of rotatable bonds is 4. The van der Waals surface area contributed by atoms with Gasteiger partial charge in [0.1, 0.15) is 5.75 Å². The molecule has 0 N–H and O–H groups in total. The lowest BCUT2D eigenvalue weighted by atomic mass is 10.1. The first-order chi connectivity index (χ1) is 13.3. The predicted molar refractivity (Wildman–Crippen MR) is 111 cm³/mol. The van der Waals surface area contributed by atoms with Crippen molar-refractivity contribution >= 4 is 38.9 Å². The highest BCUT2D eigenvalue weighted by Crippen LogP contribution is 2.31. The van der Waals surface area contributed by atoms with Gasteiger partial charge in [-0.1, -0.05) is 53.5 Å². The van der Waals surface area contributed by atoms with E-state index in [2.05, 4.69) is 0 Å². The van der Waals surface area contributed by atoms with E-state index in [0.29, 0.717) is 28.8 Å². The Morgan fingerprint density at radius 1 is 1.14 bits per heavy atom. The predicted octanol–water partition coefficient (Wildman–Crippen LogP) is 4.15. The third-order valence-electron chi connectivity index (χ3n) is 4.77. The van der Waals surface area contributed by atoms with Crippen LogP contribution in [0, 0.1) is 0 Å². The van der Waals surface area contributed by atoms with E-state index in [1.165, 1.54) is 0 Å². The number of carbonyl (C=O) groups is 1. The summed E-state index contributed by atoms with van der Waals surface area (Å²) in [5.74, 6) is 0.0126.